The van der Waals surface area contributed by atoms with Gasteiger partial charge in [-0.1, -0.05) is 0 Å². The molecule has 1 saturated heterocycles. The molecule has 6 heteroatoms. The van der Waals surface area contributed by atoms with Crippen LogP contribution in [0, 0.1) is 5.92 Å². The molecule has 94 valence electrons. The number of hydrogen-bond donors (Lipinski definition) is 1. The summed E-state index contributed by atoms with van der Waals surface area (Å²) in [6.45, 7) is 1.51. The minimum atomic E-state index is -0.0739. The maximum absolute atomic E-state index is 6.30. The Hall–Kier alpha value is -1.79. The van der Waals surface area contributed by atoms with Gasteiger partial charge in [0.2, 0.25) is 0 Å². The predicted molar refractivity (Wildman–Crippen MR) is 65.0 cm³/mol. The van der Waals surface area contributed by atoms with E-state index in [1.807, 2.05) is 4.57 Å². The van der Waals surface area contributed by atoms with Gasteiger partial charge < -0.3 is 10.5 Å². The molecule has 6 nitrogen and oxygen atoms in total. The Bertz CT molecular complexity index is 506. The Labute approximate surface area is 105 Å². The van der Waals surface area contributed by atoms with Gasteiger partial charge in [0.25, 0.3) is 0 Å². The largest absolute Gasteiger partial charge is 0.381 e. The van der Waals surface area contributed by atoms with Crippen LogP contribution < -0.4 is 5.73 Å². The predicted octanol–water partition coefficient (Wildman–Crippen LogP) is 0.699. The van der Waals surface area contributed by atoms with Crippen LogP contribution in [0.15, 0.2) is 31.2 Å². The monoisotopic (exact) mass is 245 g/mol. The van der Waals surface area contributed by atoms with Crippen LogP contribution in [-0.4, -0.2) is 32.7 Å². The molecule has 0 aliphatic carbocycles. The zero-order chi connectivity index (χ0) is 12.4. The fraction of sp³-hybridized carbons (Fsp3) is 0.417. The highest BCUT2D eigenvalue weighted by atomic mass is 16.5. The van der Waals surface area contributed by atoms with Gasteiger partial charge in [0.05, 0.1) is 48.9 Å². The third-order valence-corrected chi connectivity index (χ3v) is 3.31. The molecule has 0 aromatic carbocycles. The first kappa shape index (κ1) is 11.3. The summed E-state index contributed by atoms with van der Waals surface area (Å²) < 4.78 is 7.32. The molecule has 1 aliphatic rings. The van der Waals surface area contributed by atoms with Crippen molar-refractivity contribution in [2.45, 2.75) is 12.5 Å². The van der Waals surface area contributed by atoms with E-state index >= 15 is 0 Å². The summed E-state index contributed by atoms with van der Waals surface area (Å²) in [6.07, 6.45) is 9.54. The fourth-order valence-electron chi connectivity index (χ4n) is 2.26. The third kappa shape index (κ3) is 2.00. The van der Waals surface area contributed by atoms with Gasteiger partial charge in [-0.2, -0.15) is 0 Å². The normalized spacial score (nSPS) is 21.1. The average molecular weight is 245 g/mol. The van der Waals surface area contributed by atoms with Crippen LogP contribution in [0.3, 0.4) is 0 Å². The van der Waals surface area contributed by atoms with E-state index in [4.69, 9.17) is 10.5 Å². The summed E-state index contributed by atoms with van der Waals surface area (Å²) in [5, 5.41) is 0. The lowest BCUT2D eigenvalue weighted by atomic mass is 9.97. The molecule has 0 amide bonds. The number of ether oxygens (including phenoxy) is 1. The molecule has 0 radical (unpaired) electrons. The van der Waals surface area contributed by atoms with Crippen LogP contribution in [-0.2, 0) is 4.74 Å². The number of nitrogens with two attached hydrogens (primary N) is 1. The lowest BCUT2D eigenvalue weighted by Gasteiger charge is -2.19. The molecule has 2 N–H and O–H groups in total. The molecule has 2 aromatic heterocycles. The second kappa shape index (κ2) is 4.83. The van der Waals surface area contributed by atoms with Gasteiger partial charge in [-0.25, -0.2) is 15.0 Å². The molecule has 2 atom stereocenters. The first-order valence-electron chi connectivity index (χ1n) is 5.97. The smallest absolute Gasteiger partial charge is 0.115 e. The number of imidazole rings is 1. The first-order chi connectivity index (χ1) is 8.86. The lowest BCUT2D eigenvalue weighted by molar-refractivity contribution is 0.180. The Morgan fingerprint density at radius 2 is 2.11 bits per heavy atom. The molecule has 3 rings (SSSR count). The molecule has 0 saturated carbocycles. The molecule has 0 spiro atoms. The third-order valence-electron chi connectivity index (χ3n) is 3.31. The fourth-order valence-corrected chi connectivity index (χ4v) is 2.26. The Kier molecular flexibility index (Phi) is 3.04. The molecule has 2 aromatic rings. The average Bonchev–Trinajstić information content (AvgIpc) is 3.10. The van der Waals surface area contributed by atoms with Crippen molar-refractivity contribution in [1.29, 1.82) is 0 Å². The summed E-state index contributed by atoms with van der Waals surface area (Å²) in [5.41, 5.74) is 8.15. The summed E-state index contributed by atoms with van der Waals surface area (Å²) in [4.78, 5) is 12.2. The molecule has 3 heterocycles. The molecule has 1 fully saturated rings. The van der Waals surface area contributed by atoms with Crippen molar-refractivity contribution >= 4 is 0 Å². The van der Waals surface area contributed by atoms with Crippen molar-refractivity contribution in [3.8, 4) is 5.69 Å². The van der Waals surface area contributed by atoms with Gasteiger partial charge in [-0.05, 0) is 6.42 Å². The minimum Gasteiger partial charge on any atom is -0.381 e. The van der Waals surface area contributed by atoms with E-state index in [2.05, 4.69) is 15.0 Å². The van der Waals surface area contributed by atoms with Crippen LogP contribution in [0.1, 0.15) is 18.2 Å². The molecule has 18 heavy (non-hydrogen) atoms. The summed E-state index contributed by atoms with van der Waals surface area (Å²) in [7, 11) is 0. The van der Waals surface area contributed by atoms with Crippen LogP contribution in [0.5, 0.6) is 0 Å². The summed E-state index contributed by atoms with van der Waals surface area (Å²) >= 11 is 0. The molecular weight excluding hydrogens is 230 g/mol. The van der Waals surface area contributed by atoms with Crippen LogP contribution >= 0.6 is 0 Å². The second-order valence-electron chi connectivity index (χ2n) is 4.43. The van der Waals surface area contributed by atoms with Crippen molar-refractivity contribution in [2.24, 2.45) is 11.7 Å². The van der Waals surface area contributed by atoms with Crippen molar-refractivity contribution in [2.75, 3.05) is 13.2 Å². The van der Waals surface area contributed by atoms with Crippen LogP contribution in [0.4, 0.5) is 0 Å². The van der Waals surface area contributed by atoms with Crippen molar-refractivity contribution in [1.82, 2.24) is 19.5 Å². The first-order valence-corrected chi connectivity index (χ1v) is 5.97. The van der Waals surface area contributed by atoms with Gasteiger partial charge in [-0.3, -0.25) is 4.57 Å². The second-order valence-corrected chi connectivity index (χ2v) is 4.43. The highest BCUT2D eigenvalue weighted by molar-refractivity contribution is 5.28. The van der Waals surface area contributed by atoms with Gasteiger partial charge in [0.1, 0.15) is 6.33 Å². The van der Waals surface area contributed by atoms with E-state index in [0.29, 0.717) is 5.92 Å². The van der Waals surface area contributed by atoms with E-state index in [1.54, 1.807) is 24.9 Å². The van der Waals surface area contributed by atoms with Gasteiger partial charge in [-0.15, -0.1) is 0 Å². The Morgan fingerprint density at radius 1 is 1.28 bits per heavy atom. The Morgan fingerprint density at radius 3 is 2.83 bits per heavy atom. The standard InChI is InChI=1S/C12H15N5O/c13-12(9-1-2-18-6-9)11-5-16-8-17(11)10-3-14-7-15-4-10/h3-5,7-9,12H,1-2,6,13H2. The van der Waals surface area contributed by atoms with Gasteiger partial charge in [0, 0.05) is 12.5 Å². The number of hydrogen-bond acceptors (Lipinski definition) is 5. The highest BCUT2D eigenvalue weighted by Crippen LogP contribution is 2.27. The van der Waals surface area contributed by atoms with Crippen molar-refractivity contribution in [3.05, 3.63) is 36.9 Å². The van der Waals surface area contributed by atoms with E-state index in [9.17, 15) is 0 Å². The lowest BCUT2D eigenvalue weighted by Crippen LogP contribution is -2.24. The summed E-state index contributed by atoms with van der Waals surface area (Å²) in [5.74, 6) is 0.352. The number of aromatic nitrogens is 4. The maximum atomic E-state index is 6.30. The maximum Gasteiger partial charge on any atom is 0.115 e. The van der Waals surface area contributed by atoms with Crippen LogP contribution in [0.25, 0.3) is 5.69 Å². The molecular formula is C12H15N5O. The molecule has 0 bridgehead atoms. The Balaban J connectivity index is 1.91. The SMILES string of the molecule is NC(c1cncn1-c1cncnc1)C1CCOC1. The minimum absolute atomic E-state index is 0.0739. The van der Waals surface area contributed by atoms with Crippen molar-refractivity contribution < 1.29 is 4.74 Å². The van der Waals surface area contributed by atoms with E-state index in [0.717, 1.165) is 31.0 Å². The van der Waals surface area contributed by atoms with Gasteiger partial charge in [0.15, 0.2) is 0 Å². The molecule has 2 unspecified atom stereocenters. The topological polar surface area (TPSA) is 78.9 Å². The van der Waals surface area contributed by atoms with Crippen molar-refractivity contribution in [3.63, 3.8) is 0 Å². The van der Waals surface area contributed by atoms with E-state index < -0.39 is 0 Å². The van der Waals surface area contributed by atoms with Gasteiger partial charge >= 0.3 is 0 Å². The number of rotatable bonds is 3. The highest BCUT2D eigenvalue weighted by Gasteiger charge is 2.26. The number of nitrogens with zero attached hydrogens (tertiary/aromatic N) is 4. The van der Waals surface area contributed by atoms with E-state index in [-0.39, 0.29) is 6.04 Å². The quantitative estimate of drug-likeness (QED) is 0.861. The molecule has 1 aliphatic heterocycles. The van der Waals surface area contributed by atoms with Crippen LogP contribution in [0.2, 0.25) is 0 Å². The van der Waals surface area contributed by atoms with E-state index in [1.165, 1.54) is 6.33 Å². The zero-order valence-corrected chi connectivity index (χ0v) is 9.94. The summed E-state index contributed by atoms with van der Waals surface area (Å²) in [6, 6.07) is -0.0739. The zero-order valence-electron chi connectivity index (χ0n) is 9.94.